The van der Waals surface area contributed by atoms with Crippen LogP contribution < -0.4 is 5.32 Å². The molecule has 176 valence electrons. The predicted octanol–water partition coefficient (Wildman–Crippen LogP) is 3.25. The van der Waals surface area contributed by atoms with Crippen LogP contribution in [0.5, 0.6) is 0 Å². The Labute approximate surface area is 193 Å². The first-order chi connectivity index (χ1) is 15.5. The number of hydrogen-bond donors (Lipinski definition) is 2. The van der Waals surface area contributed by atoms with E-state index in [-0.39, 0.29) is 25.6 Å². The molecule has 0 bridgehead atoms. The summed E-state index contributed by atoms with van der Waals surface area (Å²) in [6, 6.07) is 14.7. The summed E-state index contributed by atoms with van der Waals surface area (Å²) in [5.74, 6) is -1.82. The average molecular weight is 455 g/mol. The maximum atomic E-state index is 12.4. The van der Waals surface area contributed by atoms with Gasteiger partial charge in [0, 0.05) is 12.5 Å². The molecular formula is C25H30N2O6. The fourth-order valence-electron chi connectivity index (χ4n) is 3.94. The van der Waals surface area contributed by atoms with Gasteiger partial charge in [-0.1, -0.05) is 48.5 Å². The normalized spacial score (nSPS) is 13.7. The van der Waals surface area contributed by atoms with Crippen molar-refractivity contribution in [3.05, 3.63) is 59.7 Å². The highest BCUT2D eigenvalue weighted by atomic mass is 16.6. The first-order valence-corrected chi connectivity index (χ1v) is 10.8. The van der Waals surface area contributed by atoms with Gasteiger partial charge >= 0.3 is 18.0 Å². The number of carboxylic acids is 1. The summed E-state index contributed by atoms with van der Waals surface area (Å²) in [5.41, 5.74) is 3.71. The van der Waals surface area contributed by atoms with Gasteiger partial charge in [-0.2, -0.15) is 0 Å². The van der Waals surface area contributed by atoms with Crippen LogP contribution in [-0.4, -0.2) is 66.4 Å². The molecule has 0 saturated carbocycles. The fraction of sp³-hybridized carbons (Fsp3) is 0.400. The number of alkyl carbamates (subject to hydrolysis) is 1. The van der Waals surface area contributed by atoms with E-state index in [4.69, 9.17) is 9.47 Å². The fourth-order valence-corrected chi connectivity index (χ4v) is 3.94. The van der Waals surface area contributed by atoms with E-state index >= 15 is 0 Å². The van der Waals surface area contributed by atoms with E-state index < -0.39 is 29.7 Å². The van der Waals surface area contributed by atoms with Gasteiger partial charge in [-0.3, -0.25) is 9.69 Å². The summed E-state index contributed by atoms with van der Waals surface area (Å²) in [6.07, 6.45) is -0.824. The lowest BCUT2D eigenvalue weighted by molar-refractivity contribution is -0.156. The zero-order valence-corrected chi connectivity index (χ0v) is 19.3. The minimum atomic E-state index is -1.24. The van der Waals surface area contributed by atoms with Crippen LogP contribution in [0.2, 0.25) is 0 Å². The smallest absolute Gasteiger partial charge is 0.407 e. The van der Waals surface area contributed by atoms with Crippen molar-refractivity contribution in [2.45, 2.75) is 38.3 Å². The number of nitrogens with zero attached hydrogens (tertiary/aromatic N) is 1. The molecule has 33 heavy (non-hydrogen) atoms. The molecule has 0 aromatic heterocycles. The van der Waals surface area contributed by atoms with Crippen molar-refractivity contribution < 1.29 is 29.0 Å². The first kappa shape index (κ1) is 24.3. The van der Waals surface area contributed by atoms with Crippen LogP contribution in [0.25, 0.3) is 11.1 Å². The van der Waals surface area contributed by atoms with Crippen molar-refractivity contribution in [3.63, 3.8) is 0 Å². The molecule has 1 aliphatic rings. The Balaban J connectivity index is 1.58. The molecule has 0 fully saturated rings. The van der Waals surface area contributed by atoms with Gasteiger partial charge in [0.1, 0.15) is 18.2 Å². The van der Waals surface area contributed by atoms with Gasteiger partial charge in [0.05, 0.1) is 6.54 Å². The molecule has 8 heteroatoms. The monoisotopic (exact) mass is 454 g/mol. The number of esters is 1. The molecule has 0 spiro atoms. The Morgan fingerprint density at radius 1 is 1.03 bits per heavy atom. The maximum Gasteiger partial charge on any atom is 0.407 e. The van der Waals surface area contributed by atoms with Crippen LogP contribution in [0, 0.1) is 0 Å². The number of amides is 1. The minimum absolute atomic E-state index is 0.0833. The highest BCUT2D eigenvalue weighted by molar-refractivity contribution is 5.81. The summed E-state index contributed by atoms with van der Waals surface area (Å²) in [5, 5.41) is 11.9. The van der Waals surface area contributed by atoms with Gasteiger partial charge in [-0.15, -0.1) is 0 Å². The highest BCUT2D eigenvalue weighted by Crippen LogP contribution is 2.44. The number of carbonyl (C=O) groups excluding carboxylic acids is 2. The molecule has 2 aromatic rings. The van der Waals surface area contributed by atoms with Gasteiger partial charge < -0.3 is 19.9 Å². The quantitative estimate of drug-likeness (QED) is 0.590. The Bertz CT molecular complexity index is 984. The van der Waals surface area contributed by atoms with Crippen molar-refractivity contribution in [2.75, 3.05) is 26.7 Å². The number of benzene rings is 2. The number of hydrogen-bond acceptors (Lipinski definition) is 6. The van der Waals surface area contributed by atoms with Crippen LogP contribution in [-0.2, 0) is 19.1 Å². The van der Waals surface area contributed by atoms with Crippen molar-refractivity contribution in [1.82, 2.24) is 10.2 Å². The zero-order valence-electron chi connectivity index (χ0n) is 19.3. The number of fused-ring (bicyclic) bond motifs is 3. The van der Waals surface area contributed by atoms with Crippen LogP contribution in [0.15, 0.2) is 48.5 Å². The molecule has 1 atom stereocenters. The average Bonchev–Trinajstić information content (AvgIpc) is 3.04. The molecule has 3 rings (SSSR count). The van der Waals surface area contributed by atoms with E-state index in [0.717, 1.165) is 22.3 Å². The molecule has 1 amide bonds. The summed E-state index contributed by atoms with van der Waals surface area (Å²) in [6.45, 7) is 5.16. The number of likely N-dealkylation sites (N-methyl/N-ethyl adjacent to an activating group) is 1. The van der Waals surface area contributed by atoms with Crippen LogP contribution >= 0.6 is 0 Å². The van der Waals surface area contributed by atoms with Crippen LogP contribution in [0.1, 0.15) is 37.8 Å². The molecule has 0 radical (unpaired) electrons. The van der Waals surface area contributed by atoms with E-state index in [1.807, 2.05) is 48.5 Å². The third-order valence-corrected chi connectivity index (χ3v) is 5.25. The number of ether oxygens (including phenoxy) is 2. The second kappa shape index (κ2) is 10.0. The lowest BCUT2D eigenvalue weighted by Gasteiger charge is -2.24. The van der Waals surface area contributed by atoms with E-state index in [9.17, 15) is 19.5 Å². The Morgan fingerprint density at radius 3 is 2.09 bits per heavy atom. The topological polar surface area (TPSA) is 105 Å². The van der Waals surface area contributed by atoms with Crippen molar-refractivity contribution in [2.24, 2.45) is 0 Å². The zero-order chi connectivity index (χ0) is 24.2. The van der Waals surface area contributed by atoms with E-state index in [1.165, 1.54) is 4.90 Å². The highest BCUT2D eigenvalue weighted by Gasteiger charge is 2.30. The Morgan fingerprint density at radius 2 is 1.58 bits per heavy atom. The van der Waals surface area contributed by atoms with Crippen molar-refractivity contribution in [1.29, 1.82) is 0 Å². The largest absolute Gasteiger partial charge is 0.480 e. The lowest BCUT2D eigenvalue weighted by Crippen LogP contribution is -2.49. The third-order valence-electron chi connectivity index (χ3n) is 5.25. The predicted molar refractivity (Wildman–Crippen MR) is 123 cm³/mol. The number of rotatable bonds is 8. The number of nitrogens with one attached hydrogen (secondary N) is 1. The number of aliphatic carboxylic acids is 1. The van der Waals surface area contributed by atoms with Gasteiger partial charge in [0.25, 0.3) is 0 Å². The molecule has 0 saturated heterocycles. The molecule has 0 unspecified atom stereocenters. The summed E-state index contributed by atoms with van der Waals surface area (Å²) < 4.78 is 10.7. The first-order valence-electron chi connectivity index (χ1n) is 10.8. The molecule has 0 heterocycles. The van der Waals surface area contributed by atoms with Crippen LogP contribution in [0.3, 0.4) is 0 Å². The number of carboxylic acid groups (broad SMARTS) is 1. The second-order valence-corrected chi connectivity index (χ2v) is 9.14. The Kier molecular flexibility index (Phi) is 7.38. The SMILES string of the molecule is CN(CC(=O)OC(C)(C)C)C[C@H](NC(=O)OCC1c2ccccc2-c2ccccc21)C(=O)O. The molecule has 8 nitrogen and oxygen atoms in total. The summed E-state index contributed by atoms with van der Waals surface area (Å²) >= 11 is 0. The van der Waals surface area contributed by atoms with Gasteiger partial charge in [-0.25, -0.2) is 9.59 Å². The van der Waals surface area contributed by atoms with E-state index in [1.54, 1.807) is 27.8 Å². The molecule has 2 aromatic carbocycles. The maximum absolute atomic E-state index is 12.4. The minimum Gasteiger partial charge on any atom is -0.480 e. The van der Waals surface area contributed by atoms with Crippen LogP contribution in [0.4, 0.5) is 4.79 Å². The molecular weight excluding hydrogens is 424 g/mol. The summed E-state index contributed by atoms with van der Waals surface area (Å²) in [7, 11) is 1.58. The molecule has 1 aliphatic carbocycles. The molecule has 2 N–H and O–H groups in total. The van der Waals surface area contributed by atoms with Gasteiger partial charge in [0.2, 0.25) is 0 Å². The van der Waals surface area contributed by atoms with Gasteiger partial charge in [-0.05, 0) is 50.1 Å². The lowest BCUT2D eigenvalue weighted by atomic mass is 9.98. The van der Waals surface area contributed by atoms with E-state index in [0.29, 0.717) is 0 Å². The number of carbonyl (C=O) groups is 3. The van der Waals surface area contributed by atoms with Crippen molar-refractivity contribution in [3.8, 4) is 11.1 Å². The standard InChI is InChI=1S/C25H30N2O6/c1-25(2,3)33-22(28)14-27(4)13-21(23(29)30)26-24(31)32-15-20-18-11-7-5-9-16(18)17-10-6-8-12-19(17)20/h5-12,20-21H,13-15H2,1-4H3,(H,26,31)(H,29,30)/t21-/m0/s1. The van der Waals surface area contributed by atoms with Crippen molar-refractivity contribution >= 4 is 18.0 Å². The van der Waals surface area contributed by atoms with Gasteiger partial charge in [0.15, 0.2) is 0 Å². The third kappa shape index (κ3) is 6.32. The van der Waals surface area contributed by atoms with E-state index in [2.05, 4.69) is 5.32 Å². The summed E-state index contributed by atoms with van der Waals surface area (Å²) in [4.78, 5) is 37.5. The Hall–Kier alpha value is -3.39. The second-order valence-electron chi connectivity index (χ2n) is 9.14. The molecule has 0 aliphatic heterocycles.